The molecular weight excluding hydrogens is 367 g/mol. The molecule has 3 aromatic rings. The van der Waals surface area contributed by atoms with Gasteiger partial charge in [-0.15, -0.1) is 5.10 Å². The SMILES string of the molecule is O=C(CSc1nnnn1-c1ccccc1)Nc1cccc(C(F)(F)F)c1. The Hall–Kier alpha value is -2.88. The molecule has 0 fully saturated rings. The van der Waals surface area contributed by atoms with E-state index in [1.807, 2.05) is 30.3 Å². The summed E-state index contributed by atoms with van der Waals surface area (Å²) < 4.78 is 39.6. The minimum atomic E-state index is -4.47. The number of nitrogens with zero attached hydrogens (tertiary/aromatic N) is 4. The third-order valence-electron chi connectivity index (χ3n) is 3.25. The highest BCUT2D eigenvalue weighted by atomic mass is 32.2. The molecular formula is C16H12F3N5OS. The van der Waals surface area contributed by atoms with Gasteiger partial charge in [-0.2, -0.15) is 17.9 Å². The van der Waals surface area contributed by atoms with Gasteiger partial charge in [0, 0.05) is 5.69 Å². The first kappa shape index (κ1) is 17.9. The van der Waals surface area contributed by atoms with Gasteiger partial charge in [-0.05, 0) is 40.8 Å². The molecule has 0 radical (unpaired) electrons. The van der Waals surface area contributed by atoms with E-state index in [0.717, 1.165) is 29.6 Å². The van der Waals surface area contributed by atoms with Crippen molar-refractivity contribution in [3.63, 3.8) is 0 Å². The molecule has 6 nitrogen and oxygen atoms in total. The van der Waals surface area contributed by atoms with Crippen LogP contribution in [0.25, 0.3) is 5.69 Å². The number of para-hydroxylation sites is 1. The Morgan fingerprint density at radius 1 is 1.12 bits per heavy atom. The highest BCUT2D eigenvalue weighted by Gasteiger charge is 2.30. The first-order valence-corrected chi connectivity index (χ1v) is 8.36. The zero-order valence-electron chi connectivity index (χ0n) is 13.1. The number of hydrogen-bond donors (Lipinski definition) is 1. The zero-order valence-corrected chi connectivity index (χ0v) is 14.0. The van der Waals surface area contributed by atoms with Crippen LogP contribution in [0.4, 0.5) is 18.9 Å². The maximum Gasteiger partial charge on any atom is 0.416 e. The fraction of sp³-hybridized carbons (Fsp3) is 0.125. The van der Waals surface area contributed by atoms with Crippen molar-refractivity contribution < 1.29 is 18.0 Å². The predicted octanol–water partition coefficient (Wildman–Crippen LogP) is 3.41. The van der Waals surface area contributed by atoms with Crippen LogP contribution in [0, 0.1) is 0 Å². The van der Waals surface area contributed by atoms with Gasteiger partial charge in [-0.3, -0.25) is 4.79 Å². The van der Waals surface area contributed by atoms with Crippen LogP contribution in [0.1, 0.15) is 5.56 Å². The summed E-state index contributed by atoms with van der Waals surface area (Å²) in [7, 11) is 0. The summed E-state index contributed by atoms with van der Waals surface area (Å²) in [5.74, 6) is -0.513. The summed E-state index contributed by atoms with van der Waals surface area (Å²) in [4.78, 5) is 12.0. The highest BCUT2D eigenvalue weighted by Crippen LogP contribution is 2.30. The molecule has 0 saturated carbocycles. The summed E-state index contributed by atoms with van der Waals surface area (Å²) in [6, 6.07) is 13.6. The molecule has 0 aliphatic rings. The Morgan fingerprint density at radius 2 is 1.88 bits per heavy atom. The number of anilines is 1. The fourth-order valence-electron chi connectivity index (χ4n) is 2.10. The number of alkyl halides is 3. The number of carbonyl (C=O) groups excluding carboxylic acids is 1. The number of tetrazole rings is 1. The molecule has 0 unspecified atom stereocenters. The van der Waals surface area contributed by atoms with Crippen LogP contribution >= 0.6 is 11.8 Å². The highest BCUT2D eigenvalue weighted by molar-refractivity contribution is 7.99. The van der Waals surface area contributed by atoms with E-state index in [1.54, 1.807) is 0 Å². The summed E-state index contributed by atoms with van der Waals surface area (Å²) in [6.07, 6.45) is -4.47. The van der Waals surface area contributed by atoms with Crippen LogP contribution in [0.2, 0.25) is 0 Å². The van der Waals surface area contributed by atoms with E-state index < -0.39 is 17.6 Å². The van der Waals surface area contributed by atoms with Gasteiger partial charge in [0.05, 0.1) is 17.0 Å². The molecule has 1 heterocycles. The van der Waals surface area contributed by atoms with E-state index in [2.05, 4.69) is 20.8 Å². The second-order valence-corrected chi connectivity index (χ2v) is 6.07. The minimum Gasteiger partial charge on any atom is -0.325 e. The molecule has 1 aromatic heterocycles. The fourth-order valence-corrected chi connectivity index (χ4v) is 2.79. The van der Waals surface area contributed by atoms with Crippen molar-refractivity contribution in [2.75, 3.05) is 11.1 Å². The van der Waals surface area contributed by atoms with Gasteiger partial charge < -0.3 is 5.32 Å². The van der Waals surface area contributed by atoms with Crippen molar-refractivity contribution in [3.05, 3.63) is 60.2 Å². The molecule has 0 bridgehead atoms. The summed E-state index contributed by atoms with van der Waals surface area (Å²) in [5, 5.41) is 14.1. The number of rotatable bonds is 5. The van der Waals surface area contributed by atoms with Crippen LogP contribution in [0.5, 0.6) is 0 Å². The Balaban J connectivity index is 1.63. The van der Waals surface area contributed by atoms with Gasteiger partial charge >= 0.3 is 6.18 Å². The van der Waals surface area contributed by atoms with Gasteiger partial charge in [0.15, 0.2) is 0 Å². The number of amides is 1. The van der Waals surface area contributed by atoms with Crippen molar-refractivity contribution in [1.82, 2.24) is 20.2 Å². The lowest BCUT2D eigenvalue weighted by Gasteiger charge is -2.09. The van der Waals surface area contributed by atoms with E-state index in [0.29, 0.717) is 5.16 Å². The topological polar surface area (TPSA) is 72.7 Å². The predicted molar refractivity (Wildman–Crippen MR) is 90.0 cm³/mol. The number of halogens is 3. The molecule has 0 aliphatic carbocycles. The quantitative estimate of drug-likeness (QED) is 0.688. The maximum atomic E-state index is 12.7. The average molecular weight is 379 g/mol. The van der Waals surface area contributed by atoms with Crippen molar-refractivity contribution >= 4 is 23.4 Å². The van der Waals surface area contributed by atoms with Gasteiger partial charge in [-0.25, -0.2) is 0 Å². The Bertz CT molecular complexity index is 898. The van der Waals surface area contributed by atoms with E-state index in [1.165, 1.54) is 16.8 Å². The summed E-state index contributed by atoms with van der Waals surface area (Å²) in [6.45, 7) is 0. The molecule has 1 amide bonds. The van der Waals surface area contributed by atoms with E-state index >= 15 is 0 Å². The maximum absolute atomic E-state index is 12.7. The van der Waals surface area contributed by atoms with Crippen molar-refractivity contribution in [3.8, 4) is 5.69 Å². The lowest BCUT2D eigenvalue weighted by atomic mass is 10.2. The van der Waals surface area contributed by atoms with Crippen molar-refractivity contribution in [2.24, 2.45) is 0 Å². The average Bonchev–Trinajstić information content (AvgIpc) is 3.09. The van der Waals surface area contributed by atoms with E-state index in [9.17, 15) is 18.0 Å². The van der Waals surface area contributed by atoms with Crippen molar-refractivity contribution in [2.45, 2.75) is 11.3 Å². The molecule has 1 N–H and O–H groups in total. The summed E-state index contributed by atoms with van der Waals surface area (Å²) in [5.41, 5.74) is -0.0117. The first-order valence-electron chi connectivity index (χ1n) is 7.37. The number of hydrogen-bond acceptors (Lipinski definition) is 5. The lowest BCUT2D eigenvalue weighted by Crippen LogP contribution is -2.15. The second kappa shape index (κ2) is 7.56. The largest absolute Gasteiger partial charge is 0.416 e. The zero-order chi connectivity index (χ0) is 18.6. The van der Waals surface area contributed by atoms with E-state index in [4.69, 9.17) is 0 Å². The number of thioether (sulfide) groups is 1. The summed E-state index contributed by atoms with van der Waals surface area (Å²) >= 11 is 1.08. The van der Waals surface area contributed by atoms with Crippen LogP contribution in [-0.4, -0.2) is 31.9 Å². The third-order valence-corrected chi connectivity index (χ3v) is 4.17. The second-order valence-electron chi connectivity index (χ2n) is 5.12. The van der Waals surface area contributed by atoms with Gasteiger partial charge in [-0.1, -0.05) is 36.0 Å². The van der Waals surface area contributed by atoms with Crippen LogP contribution in [0.3, 0.4) is 0 Å². The van der Waals surface area contributed by atoms with Gasteiger partial charge in [0.1, 0.15) is 0 Å². The Kier molecular flexibility index (Phi) is 5.21. The molecule has 26 heavy (non-hydrogen) atoms. The monoisotopic (exact) mass is 379 g/mol. The normalized spacial score (nSPS) is 11.3. The molecule has 2 aromatic carbocycles. The number of benzene rings is 2. The smallest absolute Gasteiger partial charge is 0.325 e. The third kappa shape index (κ3) is 4.39. The van der Waals surface area contributed by atoms with Crippen molar-refractivity contribution in [1.29, 1.82) is 0 Å². The number of aromatic nitrogens is 4. The molecule has 0 aliphatic heterocycles. The van der Waals surface area contributed by atoms with Crippen LogP contribution in [-0.2, 0) is 11.0 Å². The molecule has 134 valence electrons. The van der Waals surface area contributed by atoms with Crippen LogP contribution < -0.4 is 5.32 Å². The number of carbonyl (C=O) groups is 1. The molecule has 0 atom stereocenters. The first-order chi connectivity index (χ1) is 12.4. The Labute approximate surface area is 150 Å². The lowest BCUT2D eigenvalue weighted by molar-refractivity contribution is -0.137. The standard InChI is InChI=1S/C16H12F3N5OS/c17-16(18,19)11-5-4-6-12(9-11)20-14(25)10-26-15-21-22-23-24(15)13-7-2-1-3-8-13/h1-9H,10H2,(H,20,25). The molecule has 0 saturated heterocycles. The molecule has 3 rings (SSSR count). The number of nitrogens with one attached hydrogen (secondary N) is 1. The Morgan fingerprint density at radius 3 is 2.62 bits per heavy atom. The molecule has 0 spiro atoms. The van der Waals surface area contributed by atoms with Gasteiger partial charge in [0.25, 0.3) is 0 Å². The van der Waals surface area contributed by atoms with Gasteiger partial charge in [0.2, 0.25) is 11.1 Å². The molecule has 10 heteroatoms. The minimum absolute atomic E-state index is 0.0521. The van der Waals surface area contributed by atoms with Crippen LogP contribution in [0.15, 0.2) is 59.8 Å². The van der Waals surface area contributed by atoms with E-state index in [-0.39, 0.29) is 11.4 Å².